The zero-order chi connectivity index (χ0) is 17.9. The number of hydrogen-bond acceptors (Lipinski definition) is 3. The topological polar surface area (TPSA) is 40.5 Å². The molecule has 1 aromatic carbocycles. The molecule has 1 atom stereocenters. The highest BCUT2D eigenvalue weighted by Crippen LogP contribution is 2.33. The fourth-order valence-corrected chi connectivity index (χ4v) is 4.12. The Morgan fingerprint density at radius 2 is 1.88 bits per heavy atom. The van der Waals surface area contributed by atoms with E-state index in [-0.39, 0.29) is 18.4 Å². The van der Waals surface area contributed by atoms with Crippen molar-refractivity contribution in [2.45, 2.75) is 26.8 Å². The number of ketones is 1. The van der Waals surface area contributed by atoms with E-state index in [1.807, 2.05) is 38.1 Å². The highest BCUT2D eigenvalue weighted by molar-refractivity contribution is 9.11. The predicted octanol–water partition coefficient (Wildman–Crippen LogP) is 5.10. The minimum Gasteiger partial charge on any atom is -0.483 e. The van der Waals surface area contributed by atoms with Gasteiger partial charge in [-0.05, 0) is 70.8 Å². The Hall–Kier alpha value is -1.11. The summed E-state index contributed by atoms with van der Waals surface area (Å²) < 4.78 is 14.7. The van der Waals surface area contributed by atoms with E-state index in [2.05, 4.69) is 43.4 Å². The quantitative estimate of drug-likeness (QED) is 0.542. The van der Waals surface area contributed by atoms with Gasteiger partial charge in [0.1, 0.15) is 5.75 Å². The van der Waals surface area contributed by atoms with Crippen molar-refractivity contribution in [1.29, 1.82) is 0 Å². The Balaban J connectivity index is 2.17. The average molecular weight is 459 g/mol. The summed E-state index contributed by atoms with van der Waals surface area (Å²) in [6.45, 7) is 6.63. The molecule has 0 aliphatic carbocycles. The molecule has 2 aromatic rings. The van der Waals surface area contributed by atoms with Crippen molar-refractivity contribution in [3.05, 3.63) is 50.2 Å². The standard InChI is InChI=1S/C18H21Br2NO3/c1-11-8-14(13(3)21(11)12(2)9-23-4)17(22)10-24-18-15(19)6-5-7-16(18)20/h5-8,12H,9-10H2,1-4H3. The smallest absolute Gasteiger partial charge is 0.202 e. The van der Waals surface area contributed by atoms with Gasteiger partial charge in [-0.15, -0.1) is 0 Å². The van der Waals surface area contributed by atoms with Crippen LogP contribution in [0.5, 0.6) is 5.75 Å². The first-order valence-electron chi connectivity index (χ1n) is 7.64. The van der Waals surface area contributed by atoms with Gasteiger partial charge in [0.05, 0.1) is 21.6 Å². The van der Waals surface area contributed by atoms with Gasteiger partial charge in [-0.1, -0.05) is 6.07 Å². The first kappa shape index (κ1) is 19.2. The second-order valence-corrected chi connectivity index (χ2v) is 7.43. The van der Waals surface area contributed by atoms with Crippen LogP contribution in [0.15, 0.2) is 33.2 Å². The normalized spacial score (nSPS) is 12.2. The van der Waals surface area contributed by atoms with Crippen molar-refractivity contribution in [2.24, 2.45) is 0 Å². The molecule has 0 amide bonds. The molecule has 6 heteroatoms. The summed E-state index contributed by atoms with van der Waals surface area (Å²) in [5.74, 6) is 0.592. The highest BCUT2D eigenvalue weighted by atomic mass is 79.9. The molecular formula is C18H21Br2NO3. The van der Waals surface area contributed by atoms with Gasteiger partial charge >= 0.3 is 0 Å². The molecule has 4 nitrogen and oxygen atoms in total. The van der Waals surface area contributed by atoms with Gasteiger partial charge in [0, 0.05) is 24.1 Å². The van der Waals surface area contributed by atoms with Crippen LogP contribution in [-0.2, 0) is 4.74 Å². The van der Waals surface area contributed by atoms with Crippen LogP contribution in [0.3, 0.4) is 0 Å². The second-order valence-electron chi connectivity index (χ2n) is 5.72. The molecule has 0 saturated heterocycles. The van der Waals surface area contributed by atoms with Crippen molar-refractivity contribution >= 4 is 37.6 Å². The van der Waals surface area contributed by atoms with Gasteiger partial charge in [-0.2, -0.15) is 0 Å². The SMILES string of the molecule is COCC(C)n1c(C)cc(C(=O)COc2c(Br)cccc2Br)c1C. The molecule has 2 rings (SSSR count). The van der Waals surface area contributed by atoms with Crippen LogP contribution in [0.2, 0.25) is 0 Å². The van der Waals surface area contributed by atoms with E-state index in [0.29, 0.717) is 17.9 Å². The summed E-state index contributed by atoms with van der Waals surface area (Å²) in [5.41, 5.74) is 2.68. The van der Waals surface area contributed by atoms with E-state index in [4.69, 9.17) is 9.47 Å². The molecular weight excluding hydrogens is 438 g/mol. The van der Waals surface area contributed by atoms with Crippen LogP contribution in [0, 0.1) is 13.8 Å². The molecule has 1 aromatic heterocycles. The van der Waals surface area contributed by atoms with E-state index in [0.717, 1.165) is 20.3 Å². The van der Waals surface area contributed by atoms with Crippen LogP contribution in [0.4, 0.5) is 0 Å². The fraction of sp³-hybridized carbons (Fsp3) is 0.389. The Morgan fingerprint density at radius 1 is 1.25 bits per heavy atom. The number of rotatable bonds is 7. The highest BCUT2D eigenvalue weighted by Gasteiger charge is 2.19. The molecule has 0 saturated carbocycles. The zero-order valence-corrected chi connectivity index (χ0v) is 17.4. The minimum atomic E-state index is -0.0402. The van der Waals surface area contributed by atoms with E-state index < -0.39 is 0 Å². The van der Waals surface area contributed by atoms with E-state index in [1.165, 1.54) is 0 Å². The third kappa shape index (κ3) is 4.10. The van der Waals surface area contributed by atoms with Crippen molar-refractivity contribution < 1.29 is 14.3 Å². The maximum atomic E-state index is 12.6. The molecule has 0 spiro atoms. The lowest BCUT2D eigenvalue weighted by Crippen LogP contribution is -2.16. The number of carbonyl (C=O) groups is 1. The molecule has 1 unspecified atom stereocenters. The van der Waals surface area contributed by atoms with E-state index >= 15 is 0 Å². The lowest BCUT2D eigenvalue weighted by molar-refractivity contribution is 0.0919. The maximum absolute atomic E-state index is 12.6. The number of para-hydroxylation sites is 1. The van der Waals surface area contributed by atoms with Crippen molar-refractivity contribution in [3.63, 3.8) is 0 Å². The van der Waals surface area contributed by atoms with Crippen LogP contribution < -0.4 is 4.74 Å². The van der Waals surface area contributed by atoms with Crippen LogP contribution in [-0.4, -0.2) is 30.7 Å². The Kier molecular flexibility index (Phi) is 6.66. The number of halogens is 2. The molecule has 130 valence electrons. The maximum Gasteiger partial charge on any atom is 0.202 e. The molecule has 0 aliphatic heterocycles. The number of aryl methyl sites for hydroxylation is 1. The summed E-state index contributed by atoms with van der Waals surface area (Å²) in [6.07, 6.45) is 0. The monoisotopic (exact) mass is 457 g/mol. The lowest BCUT2D eigenvalue weighted by Gasteiger charge is -2.17. The van der Waals surface area contributed by atoms with Crippen LogP contribution in [0.1, 0.15) is 34.7 Å². The van der Waals surface area contributed by atoms with Crippen molar-refractivity contribution in [2.75, 3.05) is 20.3 Å². The Morgan fingerprint density at radius 3 is 2.46 bits per heavy atom. The first-order valence-corrected chi connectivity index (χ1v) is 9.22. The van der Waals surface area contributed by atoms with Crippen LogP contribution >= 0.6 is 31.9 Å². The number of benzene rings is 1. The van der Waals surface area contributed by atoms with Gasteiger partial charge in [0.25, 0.3) is 0 Å². The average Bonchev–Trinajstić information content (AvgIpc) is 2.81. The van der Waals surface area contributed by atoms with Gasteiger partial charge in [-0.25, -0.2) is 0 Å². The third-order valence-electron chi connectivity index (χ3n) is 3.90. The fourth-order valence-electron chi connectivity index (χ4n) is 2.89. The number of ether oxygens (including phenoxy) is 2. The number of nitrogens with zero attached hydrogens (tertiary/aromatic N) is 1. The van der Waals surface area contributed by atoms with E-state index in [1.54, 1.807) is 7.11 Å². The van der Waals surface area contributed by atoms with Gasteiger partial charge in [0.2, 0.25) is 5.78 Å². The molecule has 1 heterocycles. The van der Waals surface area contributed by atoms with Crippen molar-refractivity contribution in [3.8, 4) is 5.75 Å². The molecule has 0 N–H and O–H groups in total. The predicted molar refractivity (Wildman–Crippen MR) is 102 cm³/mol. The third-order valence-corrected chi connectivity index (χ3v) is 5.15. The molecule has 24 heavy (non-hydrogen) atoms. The van der Waals surface area contributed by atoms with Gasteiger partial charge in [0.15, 0.2) is 6.61 Å². The minimum absolute atomic E-state index is 0.00976. The Bertz CT molecular complexity index is 720. The number of aromatic nitrogens is 1. The summed E-state index contributed by atoms with van der Waals surface area (Å²) in [4.78, 5) is 12.6. The number of Topliss-reactive ketones (excluding diaryl/α,β-unsaturated/α-hetero) is 1. The molecule has 0 aliphatic rings. The molecule has 0 bridgehead atoms. The Labute approximate surface area is 159 Å². The summed E-state index contributed by atoms with van der Waals surface area (Å²) in [7, 11) is 1.68. The lowest BCUT2D eigenvalue weighted by atomic mass is 10.1. The number of carbonyl (C=O) groups excluding carboxylic acids is 1. The summed E-state index contributed by atoms with van der Waals surface area (Å²) >= 11 is 6.87. The summed E-state index contributed by atoms with van der Waals surface area (Å²) in [6, 6.07) is 7.75. The first-order chi connectivity index (χ1) is 11.4. The number of methoxy groups -OCH3 is 1. The second kappa shape index (κ2) is 8.32. The molecule has 0 radical (unpaired) electrons. The molecule has 0 fully saturated rings. The largest absolute Gasteiger partial charge is 0.483 e. The van der Waals surface area contributed by atoms with Gasteiger partial charge < -0.3 is 14.0 Å². The zero-order valence-electron chi connectivity index (χ0n) is 14.2. The summed E-state index contributed by atoms with van der Waals surface area (Å²) in [5, 5.41) is 0. The van der Waals surface area contributed by atoms with E-state index in [9.17, 15) is 4.79 Å². The van der Waals surface area contributed by atoms with Gasteiger partial charge in [-0.3, -0.25) is 4.79 Å². The van der Waals surface area contributed by atoms with Crippen molar-refractivity contribution in [1.82, 2.24) is 4.57 Å². The number of hydrogen-bond donors (Lipinski definition) is 0. The van der Waals surface area contributed by atoms with Crippen LogP contribution in [0.25, 0.3) is 0 Å².